The van der Waals surface area contributed by atoms with Gasteiger partial charge in [0.1, 0.15) is 5.82 Å². The summed E-state index contributed by atoms with van der Waals surface area (Å²) in [6, 6.07) is 12.7. The monoisotopic (exact) mass is 438 g/mol. The Morgan fingerprint density at radius 1 is 1.21 bits per heavy atom. The van der Waals surface area contributed by atoms with Crippen molar-refractivity contribution in [2.45, 2.75) is 13.3 Å². The molecule has 4 nitrogen and oxygen atoms in total. The zero-order valence-corrected chi connectivity index (χ0v) is 15.7. The molecular formula is C18H20FIN4. The van der Waals surface area contributed by atoms with Crippen LogP contribution in [-0.4, -0.2) is 17.5 Å². The third-order valence-corrected chi connectivity index (χ3v) is 3.72. The van der Waals surface area contributed by atoms with Crippen molar-refractivity contribution in [1.82, 2.24) is 4.98 Å². The van der Waals surface area contributed by atoms with Crippen molar-refractivity contribution in [2.24, 2.45) is 10.7 Å². The number of aromatic nitrogens is 1. The van der Waals surface area contributed by atoms with E-state index in [-0.39, 0.29) is 29.8 Å². The van der Waals surface area contributed by atoms with Crippen molar-refractivity contribution in [1.29, 1.82) is 0 Å². The summed E-state index contributed by atoms with van der Waals surface area (Å²) in [5.41, 5.74) is 9.95. The lowest BCUT2D eigenvalue weighted by Crippen LogP contribution is -2.23. The summed E-state index contributed by atoms with van der Waals surface area (Å²) in [5.74, 6) is 0.141. The molecule has 0 spiro atoms. The predicted octanol–water partition coefficient (Wildman–Crippen LogP) is 4.20. The van der Waals surface area contributed by atoms with Gasteiger partial charge in [-0.3, -0.25) is 4.99 Å². The van der Waals surface area contributed by atoms with Crippen molar-refractivity contribution in [3.8, 4) is 0 Å². The Kier molecular flexibility index (Phi) is 6.19. The largest absolute Gasteiger partial charge is 0.370 e. The van der Waals surface area contributed by atoms with E-state index in [2.05, 4.69) is 15.3 Å². The molecule has 0 saturated heterocycles. The van der Waals surface area contributed by atoms with Crippen LogP contribution >= 0.6 is 24.0 Å². The standard InChI is InChI=1S/C18H19FN4.HI/c1-12-2-5-15(6-3-12)23-18(20)21-9-8-13-11-22-17-7-4-14(19)10-16(13)17;/h2-7,10-11,22H,8-9H2,1H3,(H3,20,21,23);1H. The van der Waals surface area contributed by atoms with Crippen LogP contribution in [0.15, 0.2) is 53.7 Å². The molecule has 0 fully saturated rings. The number of fused-ring (bicyclic) bond motifs is 1. The normalized spacial score (nSPS) is 11.3. The smallest absolute Gasteiger partial charge is 0.193 e. The Labute approximate surface area is 157 Å². The minimum atomic E-state index is -0.234. The van der Waals surface area contributed by atoms with E-state index in [1.165, 1.54) is 11.6 Å². The lowest BCUT2D eigenvalue weighted by atomic mass is 10.1. The first-order valence-electron chi connectivity index (χ1n) is 7.51. The van der Waals surface area contributed by atoms with Crippen molar-refractivity contribution in [3.05, 3.63) is 65.6 Å². The topological polar surface area (TPSA) is 66.2 Å². The van der Waals surface area contributed by atoms with Crippen LogP contribution in [0.25, 0.3) is 10.9 Å². The van der Waals surface area contributed by atoms with Gasteiger partial charge in [-0.1, -0.05) is 17.7 Å². The lowest BCUT2D eigenvalue weighted by Gasteiger charge is -2.05. The Morgan fingerprint density at radius 2 is 1.96 bits per heavy atom. The summed E-state index contributed by atoms with van der Waals surface area (Å²) >= 11 is 0. The number of nitrogens with two attached hydrogens (primary N) is 1. The first-order chi connectivity index (χ1) is 11.1. The van der Waals surface area contributed by atoms with Gasteiger partial charge in [0.25, 0.3) is 0 Å². The van der Waals surface area contributed by atoms with E-state index in [9.17, 15) is 4.39 Å². The van der Waals surface area contributed by atoms with Gasteiger partial charge in [0, 0.05) is 29.3 Å². The highest BCUT2D eigenvalue weighted by Gasteiger charge is 2.04. The van der Waals surface area contributed by atoms with Crippen LogP contribution in [-0.2, 0) is 6.42 Å². The molecule has 0 amide bonds. The molecule has 3 rings (SSSR count). The maximum atomic E-state index is 13.3. The van der Waals surface area contributed by atoms with E-state index in [4.69, 9.17) is 5.73 Å². The van der Waals surface area contributed by atoms with Crippen LogP contribution < -0.4 is 11.1 Å². The van der Waals surface area contributed by atoms with Crippen LogP contribution in [0, 0.1) is 12.7 Å². The Morgan fingerprint density at radius 3 is 2.71 bits per heavy atom. The third kappa shape index (κ3) is 4.47. The molecule has 6 heteroatoms. The fourth-order valence-corrected chi connectivity index (χ4v) is 2.48. The fraction of sp³-hybridized carbons (Fsp3) is 0.167. The molecule has 0 aliphatic rings. The molecule has 0 bridgehead atoms. The number of aromatic amines is 1. The second kappa shape index (κ2) is 8.14. The molecule has 0 unspecified atom stereocenters. The van der Waals surface area contributed by atoms with E-state index in [1.54, 1.807) is 12.1 Å². The number of guanidine groups is 1. The number of H-pyrrole nitrogens is 1. The molecule has 0 radical (unpaired) electrons. The molecule has 0 atom stereocenters. The number of aliphatic imine (C=N–C) groups is 1. The van der Waals surface area contributed by atoms with E-state index in [1.807, 2.05) is 37.4 Å². The molecule has 1 heterocycles. The highest BCUT2D eigenvalue weighted by atomic mass is 127. The zero-order valence-electron chi connectivity index (χ0n) is 13.3. The second-order valence-electron chi connectivity index (χ2n) is 5.51. The summed E-state index contributed by atoms with van der Waals surface area (Å²) < 4.78 is 13.3. The average molecular weight is 438 g/mol. The van der Waals surface area contributed by atoms with Gasteiger partial charge in [-0.05, 0) is 49.2 Å². The Bertz CT molecular complexity index is 840. The summed E-state index contributed by atoms with van der Waals surface area (Å²) in [7, 11) is 0. The van der Waals surface area contributed by atoms with Crippen molar-refractivity contribution < 1.29 is 4.39 Å². The van der Waals surface area contributed by atoms with Gasteiger partial charge >= 0.3 is 0 Å². The first kappa shape index (κ1) is 18.3. The quantitative estimate of drug-likeness (QED) is 0.325. The summed E-state index contributed by atoms with van der Waals surface area (Å²) in [4.78, 5) is 7.46. The van der Waals surface area contributed by atoms with E-state index in [0.29, 0.717) is 18.9 Å². The number of benzene rings is 2. The second-order valence-corrected chi connectivity index (χ2v) is 5.51. The SMILES string of the molecule is Cc1ccc(NC(N)=NCCc2c[nH]c3ccc(F)cc23)cc1.I. The van der Waals surface area contributed by atoms with Crippen LogP contribution in [0.3, 0.4) is 0 Å². The van der Waals surface area contributed by atoms with Crippen molar-refractivity contribution >= 4 is 46.5 Å². The average Bonchev–Trinajstić information content (AvgIpc) is 2.92. The number of hydrogen-bond acceptors (Lipinski definition) is 1. The summed E-state index contributed by atoms with van der Waals surface area (Å²) in [6.45, 7) is 2.57. The molecule has 3 aromatic rings. The van der Waals surface area contributed by atoms with E-state index >= 15 is 0 Å². The molecule has 2 aromatic carbocycles. The van der Waals surface area contributed by atoms with Gasteiger partial charge in [-0.15, -0.1) is 24.0 Å². The molecule has 0 aliphatic carbocycles. The summed E-state index contributed by atoms with van der Waals surface area (Å²) in [5, 5.41) is 3.95. The van der Waals surface area contributed by atoms with Gasteiger partial charge in [-0.2, -0.15) is 0 Å². The van der Waals surface area contributed by atoms with Crippen LogP contribution in [0.2, 0.25) is 0 Å². The van der Waals surface area contributed by atoms with Crippen molar-refractivity contribution in [3.63, 3.8) is 0 Å². The number of aryl methyl sites for hydroxylation is 1. The molecule has 4 N–H and O–H groups in total. The number of nitrogens with zero attached hydrogens (tertiary/aromatic N) is 1. The third-order valence-electron chi connectivity index (χ3n) is 3.72. The molecular weight excluding hydrogens is 418 g/mol. The maximum Gasteiger partial charge on any atom is 0.193 e. The molecule has 126 valence electrons. The Balaban J connectivity index is 0.00000208. The maximum absolute atomic E-state index is 13.3. The number of nitrogens with one attached hydrogen (secondary N) is 2. The van der Waals surface area contributed by atoms with Crippen molar-refractivity contribution in [2.75, 3.05) is 11.9 Å². The highest BCUT2D eigenvalue weighted by molar-refractivity contribution is 14.0. The number of halogens is 2. The number of rotatable bonds is 4. The van der Waals surface area contributed by atoms with Gasteiger partial charge in [0.05, 0.1) is 0 Å². The zero-order chi connectivity index (χ0) is 16.2. The predicted molar refractivity (Wildman–Crippen MR) is 109 cm³/mol. The van der Waals surface area contributed by atoms with E-state index < -0.39 is 0 Å². The van der Waals surface area contributed by atoms with Gasteiger partial charge in [-0.25, -0.2) is 4.39 Å². The first-order valence-corrected chi connectivity index (χ1v) is 7.51. The van der Waals surface area contributed by atoms with Gasteiger partial charge in [0.2, 0.25) is 0 Å². The molecule has 1 aromatic heterocycles. The fourth-order valence-electron chi connectivity index (χ4n) is 2.48. The molecule has 0 saturated carbocycles. The molecule has 0 aliphatic heterocycles. The summed E-state index contributed by atoms with van der Waals surface area (Å²) in [6.07, 6.45) is 2.59. The Hall–Kier alpha value is -2.09. The van der Waals surface area contributed by atoms with Crippen LogP contribution in [0.5, 0.6) is 0 Å². The molecule has 24 heavy (non-hydrogen) atoms. The lowest BCUT2D eigenvalue weighted by molar-refractivity contribution is 0.629. The highest BCUT2D eigenvalue weighted by Crippen LogP contribution is 2.19. The van der Waals surface area contributed by atoms with Gasteiger partial charge in [0.15, 0.2) is 5.96 Å². The number of anilines is 1. The number of hydrogen-bond donors (Lipinski definition) is 3. The minimum Gasteiger partial charge on any atom is -0.370 e. The van der Waals surface area contributed by atoms with E-state index in [0.717, 1.165) is 22.2 Å². The minimum absolute atomic E-state index is 0. The van der Waals surface area contributed by atoms with Crippen LogP contribution in [0.4, 0.5) is 10.1 Å². The van der Waals surface area contributed by atoms with Gasteiger partial charge < -0.3 is 16.0 Å². The van der Waals surface area contributed by atoms with Crippen LogP contribution in [0.1, 0.15) is 11.1 Å².